The Morgan fingerprint density at radius 1 is 1.00 bits per heavy atom. The van der Waals surface area contributed by atoms with Gasteiger partial charge in [0.1, 0.15) is 6.61 Å². The van der Waals surface area contributed by atoms with Gasteiger partial charge in [0.2, 0.25) is 0 Å². The lowest BCUT2D eigenvalue weighted by Gasteiger charge is -2.16. The van der Waals surface area contributed by atoms with Crippen molar-refractivity contribution in [2.45, 2.75) is 40.0 Å². The molecule has 0 aromatic heterocycles. The average molecular weight is 524 g/mol. The van der Waals surface area contributed by atoms with Gasteiger partial charge in [0, 0.05) is 26.2 Å². The first kappa shape index (κ1) is 29.0. The first-order valence-electron chi connectivity index (χ1n) is 9.72. The van der Waals surface area contributed by atoms with E-state index in [1.54, 1.807) is 6.92 Å². The molecular formula is C22H33BrCl2N2O3. The van der Waals surface area contributed by atoms with Gasteiger partial charge in [0.05, 0.1) is 17.2 Å². The second-order valence-corrected chi connectivity index (χ2v) is 7.70. The van der Waals surface area contributed by atoms with Crippen molar-refractivity contribution in [3.8, 4) is 11.5 Å². The number of aliphatic hydroxyl groups is 1. The van der Waals surface area contributed by atoms with Crippen LogP contribution in [0.3, 0.4) is 0 Å². The van der Waals surface area contributed by atoms with Crippen molar-refractivity contribution in [1.29, 1.82) is 0 Å². The van der Waals surface area contributed by atoms with E-state index in [9.17, 15) is 5.11 Å². The number of halogens is 3. The first-order valence-corrected chi connectivity index (χ1v) is 10.5. The van der Waals surface area contributed by atoms with Crippen molar-refractivity contribution in [1.82, 2.24) is 10.6 Å². The maximum Gasteiger partial charge on any atom is 0.175 e. The largest absolute Gasteiger partial charge is 0.490 e. The average Bonchev–Trinajstić information content (AvgIpc) is 2.65. The SMILES string of the molecule is CCOc1cc(CNCCNCC(C)O)cc(Br)c1OCc1ccc(C)cc1.Cl.Cl. The summed E-state index contributed by atoms with van der Waals surface area (Å²) >= 11 is 3.63. The lowest BCUT2D eigenvalue weighted by atomic mass is 10.1. The lowest BCUT2D eigenvalue weighted by Crippen LogP contribution is -2.31. The molecule has 0 spiro atoms. The van der Waals surface area contributed by atoms with Crippen LogP contribution in [0.2, 0.25) is 0 Å². The van der Waals surface area contributed by atoms with Crippen LogP contribution in [0.5, 0.6) is 11.5 Å². The van der Waals surface area contributed by atoms with Gasteiger partial charge in [0.25, 0.3) is 0 Å². The van der Waals surface area contributed by atoms with Crippen molar-refractivity contribution >= 4 is 40.7 Å². The second kappa shape index (κ2) is 15.7. The van der Waals surface area contributed by atoms with Crippen LogP contribution in [0.15, 0.2) is 40.9 Å². The van der Waals surface area contributed by atoms with E-state index >= 15 is 0 Å². The molecule has 0 saturated carbocycles. The predicted octanol–water partition coefficient (Wildman–Crippen LogP) is 4.64. The Kier molecular flexibility index (Phi) is 15.2. The number of aryl methyl sites for hydroxylation is 1. The molecule has 1 unspecified atom stereocenters. The van der Waals surface area contributed by atoms with Crippen LogP contribution in [0.1, 0.15) is 30.5 Å². The maximum atomic E-state index is 9.24. The summed E-state index contributed by atoms with van der Waals surface area (Å²) in [5.74, 6) is 1.47. The van der Waals surface area contributed by atoms with Crippen molar-refractivity contribution < 1.29 is 14.6 Å². The molecule has 5 nitrogen and oxygen atoms in total. The molecule has 0 heterocycles. The van der Waals surface area contributed by atoms with Gasteiger partial charge in [-0.05, 0) is 60.0 Å². The molecule has 0 saturated heterocycles. The van der Waals surface area contributed by atoms with E-state index in [4.69, 9.17) is 9.47 Å². The van der Waals surface area contributed by atoms with Crippen LogP contribution in [0, 0.1) is 6.92 Å². The topological polar surface area (TPSA) is 62.8 Å². The maximum absolute atomic E-state index is 9.24. The molecule has 0 bridgehead atoms. The molecular weight excluding hydrogens is 491 g/mol. The van der Waals surface area contributed by atoms with Gasteiger partial charge in [-0.2, -0.15) is 0 Å². The Morgan fingerprint density at radius 3 is 2.30 bits per heavy atom. The standard InChI is InChI=1S/C22H31BrN2O3.2ClH/c1-4-27-21-12-19(14-25-10-9-24-13-17(3)26)11-20(23)22(21)28-15-18-7-5-16(2)6-8-18;;/h5-8,11-12,17,24-26H,4,9-10,13-15H2,1-3H3;2*1H. The Balaban J connectivity index is 0.00000420. The third kappa shape index (κ3) is 10.3. The highest BCUT2D eigenvalue weighted by Crippen LogP contribution is 2.37. The Hall–Kier alpha value is -1.02. The van der Waals surface area contributed by atoms with E-state index < -0.39 is 0 Å². The van der Waals surface area contributed by atoms with Gasteiger partial charge in [0.15, 0.2) is 11.5 Å². The smallest absolute Gasteiger partial charge is 0.175 e. The van der Waals surface area contributed by atoms with Crippen LogP contribution in [0.4, 0.5) is 0 Å². The summed E-state index contributed by atoms with van der Waals surface area (Å²) in [5, 5.41) is 15.8. The molecule has 0 aliphatic carbocycles. The molecule has 0 amide bonds. The number of aliphatic hydroxyl groups excluding tert-OH is 1. The molecule has 8 heteroatoms. The normalized spacial score (nSPS) is 11.2. The van der Waals surface area contributed by atoms with Crippen LogP contribution in [0.25, 0.3) is 0 Å². The van der Waals surface area contributed by atoms with Crippen LogP contribution in [-0.4, -0.2) is 37.5 Å². The Labute approximate surface area is 200 Å². The van der Waals surface area contributed by atoms with Crippen LogP contribution >= 0.6 is 40.7 Å². The second-order valence-electron chi connectivity index (χ2n) is 6.84. The number of rotatable bonds is 12. The van der Waals surface area contributed by atoms with Crippen LogP contribution < -0.4 is 20.1 Å². The molecule has 0 radical (unpaired) electrons. The summed E-state index contributed by atoms with van der Waals surface area (Å²) in [7, 11) is 0. The van der Waals surface area contributed by atoms with Crippen LogP contribution in [-0.2, 0) is 13.2 Å². The van der Waals surface area contributed by atoms with E-state index in [0.29, 0.717) is 19.8 Å². The van der Waals surface area contributed by atoms with Gasteiger partial charge >= 0.3 is 0 Å². The Bertz CT molecular complexity index is 731. The summed E-state index contributed by atoms with van der Waals surface area (Å²) in [4.78, 5) is 0. The van der Waals surface area contributed by atoms with Crippen molar-refractivity contribution in [3.05, 3.63) is 57.6 Å². The number of hydrogen-bond acceptors (Lipinski definition) is 5. The number of nitrogens with one attached hydrogen (secondary N) is 2. The van der Waals surface area contributed by atoms with Gasteiger partial charge in [-0.15, -0.1) is 24.8 Å². The van der Waals surface area contributed by atoms with E-state index in [-0.39, 0.29) is 30.9 Å². The molecule has 0 aliphatic heterocycles. The molecule has 0 aliphatic rings. The predicted molar refractivity (Wildman–Crippen MR) is 132 cm³/mol. The molecule has 2 aromatic rings. The summed E-state index contributed by atoms with van der Waals surface area (Å²) in [6.07, 6.45) is -0.322. The Morgan fingerprint density at radius 2 is 1.67 bits per heavy atom. The minimum atomic E-state index is -0.322. The van der Waals surface area contributed by atoms with E-state index in [0.717, 1.165) is 46.7 Å². The zero-order chi connectivity index (χ0) is 20.4. The minimum Gasteiger partial charge on any atom is -0.490 e. The minimum absolute atomic E-state index is 0. The number of benzene rings is 2. The van der Waals surface area contributed by atoms with Crippen molar-refractivity contribution in [2.75, 3.05) is 26.2 Å². The summed E-state index contributed by atoms with van der Waals surface area (Å²) < 4.78 is 12.8. The summed E-state index contributed by atoms with van der Waals surface area (Å²) in [6.45, 7) is 9.85. The van der Waals surface area contributed by atoms with Gasteiger partial charge < -0.3 is 25.2 Å². The summed E-state index contributed by atoms with van der Waals surface area (Å²) in [5.41, 5.74) is 3.47. The third-order valence-electron chi connectivity index (χ3n) is 4.12. The zero-order valence-electron chi connectivity index (χ0n) is 17.7. The van der Waals surface area contributed by atoms with Crippen molar-refractivity contribution in [3.63, 3.8) is 0 Å². The molecule has 170 valence electrons. The molecule has 3 N–H and O–H groups in total. The van der Waals surface area contributed by atoms with E-state index in [1.165, 1.54) is 5.56 Å². The highest BCUT2D eigenvalue weighted by Gasteiger charge is 2.12. The van der Waals surface area contributed by atoms with Gasteiger partial charge in [-0.1, -0.05) is 29.8 Å². The van der Waals surface area contributed by atoms with E-state index in [2.05, 4.69) is 63.8 Å². The fourth-order valence-corrected chi connectivity index (χ4v) is 3.29. The third-order valence-corrected chi connectivity index (χ3v) is 4.71. The zero-order valence-corrected chi connectivity index (χ0v) is 21.0. The molecule has 1 atom stereocenters. The first-order chi connectivity index (χ1) is 13.5. The quantitative estimate of drug-likeness (QED) is 0.354. The highest BCUT2D eigenvalue weighted by molar-refractivity contribution is 9.10. The number of ether oxygens (including phenoxy) is 2. The van der Waals surface area contributed by atoms with Gasteiger partial charge in [-0.3, -0.25) is 0 Å². The highest BCUT2D eigenvalue weighted by atomic mass is 79.9. The monoisotopic (exact) mass is 522 g/mol. The fourth-order valence-electron chi connectivity index (χ4n) is 2.69. The molecule has 30 heavy (non-hydrogen) atoms. The molecule has 2 aromatic carbocycles. The molecule has 2 rings (SSSR count). The lowest BCUT2D eigenvalue weighted by molar-refractivity contribution is 0.191. The van der Waals surface area contributed by atoms with Crippen molar-refractivity contribution in [2.24, 2.45) is 0 Å². The van der Waals surface area contributed by atoms with Gasteiger partial charge in [-0.25, -0.2) is 0 Å². The fraction of sp³-hybridized carbons (Fsp3) is 0.455. The van der Waals surface area contributed by atoms with E-state index in [1.807, 2.05) is 13.0 Å². The number of hydrogen-bond donors (Lipinski definition) is 3. The molecule has 0 fully saturated rings. The summed E-state index contributed by atoms with van der Waals surface area (Å²) in [6, 6.07) is 12.4.